The van der Waals surface area contributed by atoms with Crippen molar-refractivity contribution in [2.45, 2.75) is 6.42 Å². The lowest BCUT2D eigenvalue weighted by atomic mass is 10.1. The first-order valence-corrected chi connectivity index (χ1v) is 9.82. The quantitative estimate of drug-likeness (QED) is 0.682. The van der Waals surface area contributed by atoms with E-state index in [0.717, 1.165) is 12.1 Å². The number of nitrogens with zero attached hydrogens (tertiary/aromatic N) is 1. The van der Waals surface area contributed by atoms with Crippen molar-refractivity contribution < 1.29 is 33.0 Å². The molecule has 1 saturated heterocycles. The van der Waals surface area contributed by atoms with E-state index < -0.39 is 33.6 Å². The number of carboxylic acid groups (broad SMARTS) is 1. The molecule has 0 spiro atoms. The molecule has 11 heteroatoms. The van der Waals surface area contributed by atoms with E-state index in [9.17, 15) is 27.9 Å². The number of amides is 2. The maximum Gasteiger partial charge on any atom is 0.339 e. The number of carbonyl (C=O) groups is 3. The molecule has 28 heavy (non-hydrogen) atoms. The Hall–Kier alpha value is -3.11. The summed E-state index contributed by atoms with van der Waals surface area (Å²) < 4.78 is 24.6. The van der Waals surface area contributed by atoms with Crippen LogP contribution in [0.4, 0.5) is 11.4 Å². The number of rotatable bonds is 4. The molecule has 0 unspecified atom stereocenters. The fraction of sp³-hybridized carbons (Fsp3) is 0.118. The second-order valence-electron chi connectivity index (χ2n) is 5.88. The summed E-state index contributed by atoms with van der Waals surface area (Å²) in [7, 11) is -3.75. The third-order valence-corrected chi connectivity index (χ3v) is 6.00. The lowest BCUT2D eigenvalue weighted by Gasteiger charge is -2.16. The van der Waals surface area contributed by atoms with Crippen LogP contribution in [-0.2, 0) is 14.8 Å². The summed E-state index contributed by atoms with van der Waals surface area (Å²) in [6.07, 6.45) is -0.127. The fourth-order valence-corrected chi connectivity index (χ4v) is 4.38. The Morgan fingerprint density at radius 3 is 2.32 bits per heavy atom. The number of anilines is 2. The van der Waals surface area contributed by atoms with Gasteiger partial charge in [0.2, 0.25) is 15.9 Å². The van der Waals surface area contributed by atoms with Crippen LogP contribution >= 0.6 is 11.6 Å². The topological polar surface area (TPSA) is 141 Å². The molecule has 0 aliphatic carbocycles. The number of carboxylic acids is 1. The highest BCUT2D eigenvalue weighted by Gasteiger charge is 2.36. The highest BCUT2D eigenvalue weighted by molar-refractivity contribution is 7.94. The number of carbonyl (C=O) groups excluding carboxylic acids is 2. The van der Waals surface area contributed by atoms with E-state index in [0.29, 0.717) is 4.31 Å². The van der Waals surface area contributed by atoms with Gasteiger partial charge in [-0.25, -0.2) is 17.5 Å². The molecule has 0 radical (unpaired) electrons. The average molecular weight is 425 g/mol. The normalized spacial score (nSPS) is 15.5. The van der Waals surface area contributed by atoms with Crippen LogP contribution in [0.25, 0.3) is 0 Å². The number of hydrogen-bond donors (Lipinski definition) is 3. The lowest BCUT2D eigenvalue weighted by Crippen LogP contribution is -2.29. The number of aromatic carboxylic acids is 1. The van der Waals surface area contributed by atoms with Crippen molar-refractivity contribution in [1.29, 1.82) is 0 Å². The number of nitrogens with one attached hydrogen (secondary N) is 1. The van der Waals surface area contributed by atoms with Gasteiger partial charge in [0.1, 0.15) is 11.3 Å². The zero-order valence-corrected chi connectivity index (χ0v) is 15.6. The van der Waals surface area contributed by atoms with Crippen molar-refractivity contribution in [2.24, 2.45) is 0 Å². The van der Waals surface area contributed by atoms with Crippen molar-refractivity contribution in [1.82, 2.24) is 0 Å². The molecule has 0 saturated carbocycles. The number of hydrogen-bond acceptors (Lipinski definition) is 6. The summed E-state index contributed by atoms with van der Waals surface area (Å²) in [4.78, 5) is 35.1. The Kier molecular flexibility index (Phi) is 5.01. The van der Waals surface area contributed by atoms with Crippen LogP contribution in [0.2, 0.25) is 5.02 Å². The first-order chi connectivity index (χ1) is 13.1. The molecule has 1 heterocycles. The van der Waals surface area contributed by atoms with E-state index in [1.165, 1.54) is 24.3 Å². The number of aromatic hydroxyl groups is 1. The van der Waals surface area contributed by atoms with Gasteiger partial charge in [-0.3, -0.25) is 9.59 Å². The molecule has 0 bridgehead atoms. The molecule has 1 aliphatic heterocycles. The van der Waals surface area contributed by atoms with Gasteiger partial charge >= 0.3 is 5.97 Å². The second kappa shape index (κ2) is 7.13. The Morgan fingerprint density at radius 1 is 1.11 bits per heavy atom. The molecule has 3 N–H and O–H groups in total. The van der Waals surface area contributed by atoms with Crippen molar-refractivity contribution in [3.05, 3.63) is 52.5 Å². The van der Waals surface area contributed by atoms with Gasteiger partial charge in [-0.1, -0.05) is 11.6 Å². The minimum Gasteiger partial charge on any atom is -0.507 e. The molecule has 3 rings (SSSR count). The summed E-state index contributed by atoms with van der Waals surface area (Å²) in [5.41, 5.74) is -0.161. The summed E-state index contributed by atoms with van der Waals surface area (Å²) in [6.45, 7) is 0. The number of sulfonamides is 1. The third-order valence-electron chi connectivity index (χ3n) is 4.00. The minimum atomic E-state index is -3.75. The Bertz CT molecular complexity index is 1110. The maximum atomic E-state index is 12.4. The highest BCUT2D eigenvalue weighted by atomic mass is 35.5. The van der Waals surface area contributed by atoms with E-state index in [1.54, 1.807) is 0 Å². The van der Waals surface area contributed by atoms with Gasteiger partial charge in [0.15, 0.2) is 0 Å². The average Bonchev–Trinajstić information content (AvgIpc) is 2.87. The van der Waals surface area contributed by atoms with Gasteiger partial charge in [0.05, 0.1) is 22.0 Å². The van der Waals surface area contributed by atoms with E-state index >= 15 is 0 Å². The standard InChI is InChI=1S/C17H13ClN2O7S/c18-13-8-10(20-15(22)5-6-28(20,26)27)2-4-11(13)16(23)19-9-1-3-12(17(24)25)14(21)7-9/h1-4,7-8,21H,5-6H2,(H,19,23)(H,24,25). The molecular weight excluding hydrogens is 412 g/mol. The van der Waals surface area contributed by atoms with Gasteiger partial charge in [0, 0.05) is 18.2 Å². The Labute approximate surface area is 164 Å². The molecule has 2 aromatic rings. The first kappa shape index (κ1) is 19.6. The van der Waals surface area contributed by atoms with E-state index in [4.69, 9.17) is 16.7 Å². The van der Waals surface area contributed by atoms with Crippen LogP contribution in [0.1, 0.15) is 27.1 Å². The smallest absolute Gasteiger partial charge is 0.339 e. The van der Waals surface area contributed by atoms with E-state index in [-0.39, 0.29) is 39.7 Å². The van der Waals surface area contributed by atoms with Gasteiger partial charge in [-0.2, -0.15) is 0 Å². The number of benzene rings is 2. The van der Waals surface area contributed by atoms with Crippen LogP contribution in [0, 0.1) is 0 Å². The third kappa shape index (κ3) is 3.64. The molecule has 0 aromatic heterocycles. The molecule has 9 nitrogen and oxygen atoms in total. The predicted octanol–water partition coefficient (Wildman–Crippen LogP) is 2.06. The van der Waals surface area contributed by atoms with Crippen LogP contribution in [-0.4, -0.2) is 42.2 Å². The second-order valence-corrected chi connectivity index (χ2v) is 8.22. The van der Waals surface area contributed by atoms with Gasteiger partial charge < -0.3 is 15.5 Å². The maximum absolute atomic E-state index is 12.4. The van der Waals surface area contributed by atoms with Gasteiger partial charge in [-0.05, 0) is 30.3 Å². The van der Waals surface area contributed by atoms with E-state index in [2.05, 4.69) is 5.32 Å². The number of halogens is 1. The largest absolute Gasteiger partial charge is 0.507 e. The summed E-state index contributed by atoms with van der Waals surface area (Å²) >= 11 is 6.09. The molecule has 0 atom stereocenters. The summed E-state index contributed by atoms with van der Waals surface area (Å²) in [6, 6.07) is 7.23. The lowest BCUT2D eigenvalue weighted by molar-refractivity contribution is -0.116. The molecular formula is C17H13ClN2O7S. The summed E-state index contributed by atoms with van der Waals surface area (Å²) in [5, 5.41) is 20.9. The van der Waals surface area contributed by atoms with Crippen LogP contribution < -0.4 is 9.62 Å². The SMILES string of the molecule is O=C(O)c1ccc(NC(=O)c2ccc(N3C(=O)CCS3(=O)=O)cc2Cl)cc1O. The minimum absolute atomic E-state index is 0.00346. The van der Waals surface area contributed by atoms with Crippen LogP contribution in [0.3, 0.4) is 0 Å². The Balaban J connectivity index is 1.85. The highest BCUT2D eigenvalue weighted by Crippen LogP contribution is 2.30. The zero-order valence-electron chi connectivity index (χ0n) is 14.0. The molecule has 2 aromatic carbocycles. The molecule has 2 amide bonds. The molecule has 1 fully saturated rings. The predicted molar refractivity (Wildman–Crippen MR) is 100 cm³/mol. The van der Waals surface area contributed by atoms with Crippen LogP contribution in [0.15, 0.2) is 36.4 Å². The van der Waals surface area contributed by atoms with Crippen molar-refractivity contribution in [3.63, 3.8) is 0 Å². The van der Waals surface area contributed by atoms with Crippen molar-refractivity contribution in [3.8, 4) is 5.75 Å². The summed E-state index contributed by atoms with van der Waals surface area (Å²) in [5.74, 6) is -3.39. The molecule has 1 aliphatic rings. The van der Waals surface area contributed by atoms with Crippen molar-refractivity contribution >= 4 is 50.8 Å². The van der Waals surface area contributed by atoms with Crippen molar-refractivity contribution in [2.75, 3.05) is 15.4 Å². The van der Waals surface area contributed by atoms with Crippen LogP contribution in [0.5, 0.6) is 5.75 Å². The van der Waals surface area contributed by atoms with Gasteiger partial charge in [0.25, 0.3) is 5.91 Å². The zero-order chi connectivity index (χ0) is 20.6. The van der Waals surface area contributed by atoms with E-state index in [1.807, 2.05) is 0 Å². The number of phenols is 1. The molecule has 146 valence electrons. The monoisotopic (exact) mass is 424 g/mol. The van der Waals surface area contributed by atoms with Gasteiger partial charge in [-0.15, -0.1) is 0 Å². The fourth-order valence-electron chi connectivity index (χ4n) is 2.67. The first-order valence-electron chi connectivity index (χ1n) is 7.83. The Morgan fingerprint density at radius 2 is 1.79 bits per heavy atom.